The molecule has 2 heterocycles. The molecule has 4 rings (SSSR count). The van der Waals surface area contributed by atoms with Gasteiger partial charge in [0.25, 0.3) is 5.91 Å². The Morgan fingerprint density at radius 1 is 1.06 bits per heavy atom. The average Bonchev–Trinajstić information content (AvgIpc) is 3.49. The second kappa shape index (κ2) is 10.6. The molecule has 0 atom stereocenters. The molecule has 0 saturated carbocycles. The maximum atomic E-state index is 12.3. The predicted molar refractivity (Wildman–Crippen MR) is 131 cm³/mol. The third kappa shape index (κ3) is 5.87. The molecule has 0 aliphatic carbocycles. The van der Waals surface area contributed by atoms with E-state index in [1.807, 2.05) is 73.0 Å². The topological polar surface area (TPSA) is 85.3 Å². The molecule has 166 valence electrons. The van der Waals surface area contributed by atoms with Gasteiger partial charge in [-0.3, -0.25) is 9.36 Å². The fourth-order valence-corrected chi connectivity index (χ4v) is 3.76. The van der Waals surface area contributed by atoms with Gasteiger partial charge < -0.3 is 4.42 Å². The van der Waals surface area contributed by atoms with Crippen LogP contribution in [-0.4, -0.2) is 32.6 Å². The Morgan fingerprint density at radius 3 is 2.48 bits per heavy atom. The van der Waals surface area contributed by atoms with Crippen LogP contribution in [0.3, 0.4) is 0 Å². The minimum atomic E-state index is -0.238. The van der Waals surface area contributed by atoms with Crippen LogP contribution in [0.2, 0.25) is 0 Å². The summed E-state index contributed by atoms with van der Waals surface area (Å²) in [7, 11) is 0. The number of carbonyl (C=O) groups is 1. The fraction of sp³-hybridized carbons (Fsp3) is 0.120. The summed E-state index contributed by atoms with van der Waals surface area (Å²) in [6.45, 7) is 4.09. The summed E-state index contributed by atoms with van der Waals surface area (Å²) in [6.07, 6.45) is 6.53. The van der Waals surface area contributed by atoms with Crippen LogP contribution in [0, 0.1) is 13.8 Å². The summed E-state index contributed by atoms with van der Waals surface area (Å²) in [6, 6.07) is 19.9. The first-order chi connectivity index (χ1) is 16.1. The lowest BCUT2D eigenvalue weighted by molar-refractivity contribution is -0.118. The lowest BCUT2D eigenvalue weighted by Crippen LogP contribution is -2.19. The van der Waals surface area contributed by atoms with Gasteiger partial charge in [-0.2, -0.15) is 5.10 Å². The highest BCUT2D eigenvalue weighted by Gasteiger charge is 2.17. The van der Waals surface area contributed by atoms with Gasteiger partial charge in [0.1, 0.15) is 5.76 Å². The van der Waals surface area contributed by atoms with Gasteiger partial charge in [0.05, 0.1) is 12.0 Å². The Balaban J connectivity index is 1.47. The van der Waals surface area contributed by atoms with Gasteiger partial charge in [-0.05, 0) is 50.3 Å². The van der Waals surface area contributed by atoms with Crippen LogP contribution < -0.4 is 5.43 Å². The van der Waals surface area contributed by atoms with Crippen LogP contribution in [0.15, 0.2) is 87.7 Å². The zero-order valence-corrected chi connectivity index (χ0v) is 19.1. The highest BCUT2D eigenvalue weighted by Crippen LogP contribution is 2.28. The molecule has 0 saturated heterocycles. The summed E-state index contributed by atoms with van der Waals surface area (Å²) in [5, 5.41) is 13.3. The van der Waals surface area contributed by atoms with Crippen molar-refractivity contribution >= 4 is 30.0 Å². The van der Waals surface area contributed by atoms with Gasteiger partial charge in [-0.1, -0.05) is 59.3 Å². The molecule has 0 bridgehead atoms. The number of benzene rings is 2. The number of carbonyl (C=O) groups excluding carboxylic acids is 1. The number of allylic oxidation sites excluding steroid dienone is 1. The van der Waals surface area contributed by atoms with Crippen molar-refractivity contribution in [1.82, 2.24) is 20.2 Å². The quantitative estimate of drug-likeness (QED) is 0.227. The van der Waals surface area contributed by atoms with Crippen molar-refractivity contribution in [3.63, 3.8) is 0 Å². The van der Waals surface area contributed by atoms with Crippen LogP contribution in [0.4, 0.5) is 0 Å². The number of nitrogens with one attached hydrogen (secondary N) is 1. The fourth-order valence-electron chi connectivity index (χ4n) is 3.02. The Hall–Kier alpha value is -3.91. The van der Waals surface area contributed by atoms with E-state index in [4.69, 9.17) is 4.42 Å². The molecule has 1 N–H and O–H groups in total. The van der Waals surface area contributed by atoms with E-state index in [9.17, 15) is 4.79 Å². The number of rotatable bonds is 8. The maximum absolute atomic E-state index is 12.3. The Bertz CT molecular complexity index is 1260. The number of hydrazone groups is 1. The van der Waals surface area contributed by atoms with Gasteiger partial charge in [0.15, 0.2) is 11.0 Å². The highest BCUT2D eigenvalue weighted by atomic mass is 32.2. The second-order valence-electron chi connectivity index (χ2n) is 7.32. The third-order valence-electron chi connectivity index (χ3n) is 4.72. The normalized spacial score (nSPS) is 11.5. The summed E-state index contributed by atoms with van der Waals surface area (Å²) in [4.78, 5) is 12.3. The number of aryl methyl sites for hydroxylation is 2. The van der Waals surface area contributed by atoms with E-state index >= 15 is 0 Å². The van der Waals surface area contributed by atoms with Crippen LogP contribution >= 0.6 is 11.8 Å². The van der Waals surface area contributed by atoms with Crippen molar-refractivity contribution in [1.29, 1.82) is 0 Å². The van der Waals surface area contributed by atoms with E-state index in [0.29, 0.717) is 10.9 Å². The first kappa shape index (κ1) is 22.3. The number of nitrogens with zero attached hydrogens (tertiary/aromatic N) is 4. The summed E-state index contributed by atoms with van der Waals surface area (Å²) >= 11 is 1.31. The lowest BCUT2D eigenvalue weighted by atomic mass is 10.1. The zero-order chi connectivity index (χ0) is 23.0. The van der Waals surface area contributed by atoms with E-state index in [2.05, 4.69) is 20.7 Å². The van der Waals surface area contributed by atoms with Crippen molar-refractivity contribution in [3.05, 3.63) is 89.9 Å². The molecule has 0 unspecified atom stereocenters. The van der Waals surface area contributed by atoms with Crippen LogP contribution in [0.5, 0.6) is 0 Å². The first-order valence-corrected chi connectivity index (χ1v) is 11.3. The third-order valence-corrected chi connectivity index (χ3v) is 5.65. The smallest absolute Gasteiger partial charge is 0.250 e. The molecule has 0 spiro atoms. The van der Waals surface area contributed by atoms with Crippen LogP contribution in [0.1, 0.15) is 16.9 Å². The molecule has 0 fully saturated rings. The van der Waals surface area contributed by atoms with Crippen LogP contribution in [-0.2, 0) is 4.79 Å². The number of furan rings is 1. The van der Waals surface area contributed by atoms with Gasteiger partial charge in [-0.25, -0.2) is 5.43 Å². The molecule has 0 radical (unpaired) electrons. The van der Waals surface area contributed by atoms with Crippen molar-refractivity contribution in [2.75, 3.05) is 5.75 Å². The summed E-state index contributed by atoms with van der Waals surface area (Å²) < 4.78 is 7.16. The average molecular weight is 458 g/mol. The Labute approximate surface area is 196 Å². The molecule has 2 aromatic carbocycles. The maximum Gasteiger partial charge on any atom is 0.250 e. The highest BCUT2D eigenvalue weighted by molar-refractivity contribution is 7.99. The molecule has 2 aromatic heterocycles. The number of hydrogen-bond donors (Lipinski definition) is 1. The molecule has 0 aliphatic heterocycles. The largest absolute Gasteiger partial charge is 0.465 e. The number of aromatic nitrogens is 3. The molecule has 4 aromatic rings. The van der Waals surface area contributed by atoms with E-state index in [-0.39, 0.29) is 11.7 Å². The van der Waals surface area contributed by atoms with Crippen molar-refractivity contribution < 1.29 is 9.21 Å². The van der Waals surface area contributed by atoms with E-state index < -0.39 is 0 Å². The van der Waals surface area contributed by atoms with Gasteiger partial charge in [0, 0.05) is 17.5 Å². The molecule has 7 nitrogen and oxygen atoms in total. The molecular weight excluding hydrogens is 434 g/mol. The Morgan fingerprint density at radius 2 is 1.79 bits per heavy atom. The van der Waals surface area contributed by atoms with E-state index in [0.717, 1.165) is 22.6 Å². The van der Waals surface area contributed by atoms with Crippen molar-refractivity contribution in [2.45, 2.75) is 19.0 Å². The number of hydrogen-bond acceptors (Lipinski definition) is 6. The summed E-state index contributed by atoms with van der Waals surface area (Å²) in [5.74, 6) is 1.35. The van der Waals surface area contributed by atoms with E-state index in [1.165, 1.54) is 23.5 Å². The second-order valence-corrected chi connectivity index (χ2v) is 8.26. The first-order valence-electron chi connectivity index (χ1n) is 10.3. The van der Waals surface area contributed by atoms with Gasteiger partial charge in [-0.15, -0.1) is 10.2 Å². The van der Waals surface area contributed by atoms with E-state index in [1.54, 1.807) is 24.5 Å². The minimum Gasteiger partial charge on any atom is -0.465 e. The number of thioether (sulfide) groups is 1. The van der Waals surface area contributed by atoms with Crippen molar-refractivity contribution in [3.8, 4) is 17.1 Å². The van der Waals surface area contributed by atoms with Gasteiger partial charge >= 0.3 is 0 Å². The Kier molecular flexibility index (Phi) is 7.16. The molecular formula is C25H23N5O2S. The standard InChI is InChI=1S/C25H23N5O2S/c1-18-7-11-20(12-8-18)24-28-29-25(30(24)21-13-9-19(2)10-14-21)33-17-23(31)27-26-15-3-5-22-6-4-16-32-22/h3-16H,17H2,1-2H3,(H,27,31)/b5-3+,26-15-. The minimum absolute atomic E-state index is 0.150. The SMILES string of the molecule is Cc1ccc(-c2nnc(SCC(=O)N/N=C\C=C\c3ccco3)n2-c2ccc(C)cc2)cc1. The van der Waals surface area contributed by atoms with Gasteiger partial charge in [0.2, 0.25) is 0 Å². The van der Waals surface area contributed by atoms with Crippen molar-refractivity contribution in [2.24, 2.45) is 5.10 Å². The molecule has 33 heavy (non-hydrogen) atoms. The molecule has 0 aliphatic rings. The lowest BCUT2D eigenvalue weighted by Gasteiger charge is -2.11. The summed E-state index contributed by atoms with van der Waals surface area (Å²) in [5.41, 5.74) is 6.74. The van der Waals surface area contributed by atoms with Crippen LogP contribution in [0.25, 0.3) is 23.2 Å². The molecule has 1 amide bonds. The molecule has 8 heteroatoms. The number of amides is 1. The monoisotopic (exact) mass is 457 g/mol. The predicted octanol–water partition coefficient (Wildman–Crippen LogP) is 5.05. The zero-order valence-electron chi connectivity index (χ0n) is 18.3.